The van der Waals surface area contributed by atoms with Gasteiger partial charge >= 0.3 is 17.9 Å². The molecule has 9 N–H and O–H groups in total. The van der Waals surface area contributed by atoms with E-state index in [4.69, 9.17) is 21.1 Å². The molecule has 0 aliphatic rings. The molecule has 3 amide bonds. The van der Waals surface area contributed by atoms with E-state index in [2.05, 4.69) is 23.3 Å². The van der Waals surface area contributed by atoms with Gasteiger partial charge in [-0.1, -0.05) is 0 Å². The lowest BCUT2D eigenvalue weighted by molar-refractivity contribution is -0.147. The Balaban J connectivity index is 5.16. The van der Waals surface area contributed by atoms with Crippen LogP contribution in [0.5, 0.6) is 0 Å². The van der Waals surface area contributed by atoms with Crippen molar-refractivity contribution in [3.05, 3.63) is 0 Å². The van der Waals surface area contributed by atoms with E-state index >= 15 is 0 Å². The Bertz CT molecular complexity index is 702. The Hall–Kier alpha value is -2.91. The summed E-state index contributed by atoms with van der Waals surface area (Å²) in [5.41, 5.74) is 5.55. The predicted molar refractivity (Wildman–Crippen MR) is 106 cm³/mol. The Kier molecular flexibility index (Phi) is 12.1. The monoisotopic (exact) mass is 466 g/mol. The van der Waals surface area contributed by atoms with Crippen LogP contribution in [-0.4, -0.2) is 92.1 Å². The van der Waals surface area contributed by atoms with Gasteiger partial charge in [0.1, 0.15) is 18.1 Å². The predicted octanol–water partition coefficient (Wildman–Crippen LogP) is -3.50. The second-order valence-electron chi connectivity index (χ2n) is 6.51. The van der Waals surface area contributed by atoms with Gasteiger partial charge in [-0.2, -0.15) is 12.6 Å². The number of carboxylic acid groups (broad SMARTS) is 3. The fourth-order valence-corrected chi connectivity index (χ4v) is 2.44. The van der Waals surface area contributed by atoms with Gasteiger partial charge in [-0.25, -0.2) is 4.79 Å². The van der Waals surface area contributed by atoms with Crippen LogP contribution in [0.15, 0.2) is 0 Å². The molecule has 0 aliphatic carbocycles. The Morgan fingerprint density at radius 2 is 1.42 bits per heavy atom. The number of amides is 3. The van der Waals surface area contributed by atoms with E-state index in [1.807, 2.05) is 5.32 Å². The second kappa shape index (κ2) is 13.4. The van der Waals surface area contributed by atoms with Gasteiger partial charge in [-0.05, 0) is 13.3 Å². The first kappa shape index (κ1) is 28.1. The molecule has 0 aromatic rings. The molecule has 0 radical (unpaired) electrons. The first-order valence-corrected chi connectivity index (χ1v) is 9.55. The zero-order chi connectivity index (χ0) is 24.3. The lowest BCUT2D eigenvalue weighted by Gasteiger charge is -2.25. The van der Waals surface area contributed by atoms with Gasteiger partial charge in [0, 0.05) is 12.2 Å². The number of aliphatic hydroxyl groups excluding tert-OH is 1. The molecule has 0 aromatic carbocycles. The molecular formula is C16H26N4O10S. The minimum absolute atomic E-state index is 0.194. The molecule has 176 valence electrons. The minimum Gasteiger partial charge on any atom is -0.481 e. The van der Waals surface area contributed by atoms with Crippen LogP contribution in [0.1, 0.15) is 26.2 Å². The fraction of sp³-hybridized carbons (Fsp3) is 0.625. The van der Waals surface area contributed by atoms with Crippen molar-refractivity contribution in [2.24, 2.45) is 5.73 Å². The average molecular weight is 466 g/mol. The highest BCUT2D eigenvalue weighted by Gasteiger charge is 2.33. The number of nitrogens with two attached hydrogens (primary N) is 1. The molecule has 5 atom stereocenters. The highest BCUT2D eigenvalue weighted by molar-refractivity contribution is 7.80. The van der Waals surface area contributed by atoms with Crippen LogP contribution >= 0.6 is 12.6 Å². The third kappa shape index (κ3) is 10.6. The molecule has 0 rings (SSSR count). The van der Waals surface area contributed by atoms with Gasteiger partial charge in [0.05, 0.1) is 18.6 Å². The molecule has 15 heteroatoms. The van der Waals surface area contributed by atoms with E-state index in [1.54, 1.807) is 0 Å². The normalized spacial score (nSPS) is 15.5. The van der Waals surface area contributed by atoms with Crippen molar-refractivity contribution in [3.8, 4) is 0 Å². The number of aliphatic hydroxyl groups is 1. The zero-order valence-electron chi connectivity index (χ0n) is 16.5. The average Bonchev–Trinajstić information content (AvgIpc) is 2.66. The summed E-state index contributed by atoms with van der Waals surface area (Å²) >= 11 is 3.91. The molecule has 31 heavy (non-hydrogen) atoms. The smallest absolute Gasteiger partial charge is 0.326 e. The number of aliphatic carboxylic acids is 3. The van der Waals surface area contributed by atoms with E-state index in [9.17, 15) is 33.9 Å². The minimum atomic E-state index is -1.81. The van der Waals surface area contributed by atoms with Crippen LogP contribution in [0, 0.1) is 0 Å². The molecule has 0 bridgehead atoms. The van der Waals surface area contributed by atoms with Crippen molar-refractivity contribution in [2.45, 2.75) is 56.5 Å². The van der Waals surface area contributed by atoms with Crippen LogP contribution in [0.3, 0.4) is 0 Å². The fourth-order valence-electron chi connectivity index (χ4n) is 2.18. The van der Waals surface area contributed by atoms with E-state index < -0.39 is 72.3 Å². The summed E-state index contributed by atoms with van der Waals surface area (Å²) in [5.74, 6) is -7.54. The quantitative estimate of drug-likeness (QED) is 0.114. The lowest BCUT2D eigenvalue weighted by Crippen LogP contribution is -2.60. The third-order valence-electron chi connectivity index (χ3n) is 3.88. The maximum Gasteiger partial charge on any atom is 0.326 e. The number of thiol groups is 1. The molecule has 0 saturated carbocycles. The van der Waals surface area contributed by atoms with Crippen molar-refractivity contribution in [1.29, 1.82) is 0 Å². The SMILES string of the molecule is CC(O)C(NC(=O)C(CS)NC(=O)C(N)CCC(=O)O)C(=O)NC(CC(=O)O)C(=O)O. The van der Waals surface area contributed by atoms with Crippen molar-refractivity contribution in [3.63, 3.8) is 0 Å². The van der Waals surface area contributed by atoms with Gasteiger partial charge in [-0.3, -0.25) is 24.0 Å². The summed E-state index contributed by atoms with van der Waals surface area (Å²) in [6.07, 6.45) is -3.03. The summed E-state index contributed by atoms with van der Waals surface area (Å²) in [6.45, 7) is 1.12. The van der Waals surface area contributed by atoms with Crippen molar-refractivity contribution < 1.29 is 49.2 Å². The first-order valence-electron chi connectivity index (χ1n) is 8.92. The van der Waals surface area contributed by atoms with E-state index in [1.165, 1.54) is 0 Å². The van der Waals surface area contributed by atoms with Gasteiger partial charge in [0.15, 0.2) is 0 Å². The standard InChI is InChI=1S/C16H26N4O10S/c1-6(21)12(15(28)18-8(16(29)30)4-11(24)25)20-14(27)9(5-31)19-13(26)7(17)2-3-10(22)23/h6-9,12,21,31H,2-5,17H2,1H3,(H,18,28)(H,19,26)(H,20,27)(H,22,23)(H,24,25)(H,29,30). The Morgan fingerprint density at radius 1 is 0.871 bits per heavy atom. The van der Waals surface area contributed by atoms with Crippen molar-refractivity contribution in [1.82, 2.24) is 16.0 Å². The van der Waals surface area contributed by atoms with Crippen LogP contribution in [0.2, 0.25) is 0 Å². The first-order chi connectivity index (χ1) is 14.3. The maximum atomic E-state index is 12.4. The summed E-state index contributed by atoms with van der Waals surface area (Å²) in [4.78, 5) is 69.1. The highest BCUT2D eigenvalue weighted by atomic mass is 32.1. The van der Waals surface area contributed by atoms with Gasteiger partial charge < -0.3 is 42.1 Å². The van der Waals surface area contributed by atoms with Crippen LogP contribution in [0.25, 0.3) is 0 Å². The van der Waals surface area contributed by atoms with Gasteiger partial charge in [0.25, 0.3) is 0 Å². The second-order valence-corrected chi connectivity index (χ2v) is 6.87. The number of carbonyl (C=O) groups excluding carboxylic acids is 3. The topological polar surface area (TPSA) is 245 Å². The Morgan fingerprint density at radius 3 is 1.84 bits per heavy atom. The van der Waals surface area contributed by atoms with E-state index in [0.717, 1.165) is 6.92 Å². The summed E-state index contributed by atoms with van der Waals surface area (Å²) in [6, 6.07) is -6.04. The number of rotatable bonds is 14. The number of hydrogen-bond donors (Lipinski definition) is 9. The molecule has 5 unspecified atom stereocenters. The summed E-state index contributed by atoms with van der Waals surface area (Å²) < 4.78 is 0. The van der Waals surface area contributed by atoms with Crippen LogP contribution < -0.4 is 21.7 Å². The highest BCUT2D eigenvalue weighted by Crippen LogP contribution is 2.01. The van der Waals surface area contributed by atoms with Crippen LogP contribution in [0.4, 0.5) is 0 Å². The molecular weight excluding hydrogens is 440 g/mol. The van der Waals surface area contributed by atoms with Crippen LogP contribution in [-0.2, 0) is 28.8 Å². The number of carbonyl (C=O) groups is 6. The Labute approximate surface area is 182 Å². The summed E-state index contributed by atoms with van der Waals surface area (Å²) in [7, 11) is 0. The number of hydrogen-bond acceptors (Lipinski definition) is 9. The molecule has 0 aliphatic heterocycles. The molecule has 14 nitrogen and oxygen atoms in total. The third-order valence-corrected chi connectivity index (χ3v) is 4.24. The van der Waals surface area contributed by atoms with Gasteiger partial charge in [-0.15, -0.1) is 0 Å². The molecule has 0 fully saturated rings. The van der Waals surface area contributed by atoms with E-state index in [0.29, 0.717) is 0 Å². The maximum absolute atomic E-state index is 12.4. The van der Waals surface area contributed by atoms with Crippen molar-refractivity contribution >= 4 is 48.3 Å². The summed E-state index contributed by atoms with van der Waals surface area (Å²) in [5, 5.41) is 42.4. The van der Waals surface area contributed by atoms with Gasteiger partial charge in [0.2, 0.25) is 17.7 Å². The van der Waals surface area contributed by atoms with E-state index in [-0.39, 0.29) is 18.6 Å². The largest absolute Gasteiger partial charge is 0.481 e. The van der Waals surface area contributed by atoms with Crippen molar-refractivity contribution in [2.75, 3.05) is 5.75 Å². The zero-order valence-corrected chi connectivity index (χ0v) is 17.4. The molecule has 0 heterocycles. The number of nitrogens with one attached hydrogen (secondary N) is 3. The molecule has 0 spiro atoms. The molecule has 0 aromatic heterocycles. The number of carboxylic acids is 3. The lowest BCUT2D eigenvalue weighted by atomic mass is 10.1. The molecule has 0 saturated heterocycles.